The molecular weight excluding hydrogens is 531 g/mol. The molecule has 2 heterocycles. The molecule has 2 amide bonds. The largest absolute Gasteiger partial charge is 0.350 e. The van der Waals surface area contributed by atoms with E-state index in [1.165, 1.54) is 22.8 Å². The van der Waals surface area contributed by atoms with E-state index < -0.39 is 5.82 Å². The van der Waals surface area contributed by atoms with Crippen molar-refractivity contribution in [2.24, 2.45) is 5.92 Å². The van der Waals surface area contributed by atoms with Gasteiger partial charge in [0.1, 0.15) is 11.5 Å². The van der Waals surface area contributed by atoms with Crippen molar-refractivity contribution >= 4 is 23.0 Å². The van der Waals surface area contributed by atoms with Gasteiger partial charge in [-0.2, -0.15) is 10.4 Å². The number of allylic oxidation sites excluding steroid dienone is 2. The minimum atomic E-state index is -0.443. The third-order valence-corrected chi connectivity index (χ3v) is 8.24. The summed E-state index contributed by atoms with van der Waals surface area (Å²) in [5.74, 6) is -1.16. The highest BCUT2D eigenvalue weighted by Crippen LogP contribution is 2.48. The molecular formula is C33H31FN6O2. The lowest BCUT2D eigenvalue weighted by molar-refractivity contribution is -0.121. The van der Waals surface area contributed by atoms with Gasteiger partial charge in [0.25, 0.3) is 5.91 Å². The van der Waals surface area contributed by atoms with Crippen molar-refractivity contribution in [2.45, 2.75) is 51.4 Å². The molecule has 0 spiro atoms. The molecule has 2 saturated carbocycles. The number of hydrogen-bond acceptors (Lipinski definition) is 5. The number of fused-ring (bicyclic) bond motifs is 1. The zero-order valence-electron chi connectivity index (χ0n) is 23.5. The van der Waals surface area contributed by atoms with Crippen molar-refractivity contribution in [1.29, 1.82) is 5.26 Å². The first-order valence-electron chi connectivity index (χ1n) is 14.3. The van der Waals surface area contributed by atoms with Crippen molar-refractivity contribution in [3.05, 3.63) is 94.6 Å². The predicted molar refractivity (Wildman–Crippen MR) is 157 cm³/mol. The summed E-state index contributed by atoms with van der Waals surface area (Å²) in [5, 5.41) is 18.5. The zero-order valence-corrected chi connectivity index (χ0v) is 23.5. The van der Waals surface area contributed by atoms with E-state index in [0.29, 0.717) is 42.0 Å². The van der Waals surface area contributed by atoms with Crippen LogP contribution < -0.4 is 10.6 Å². The summed E-state index contributed by atoms with van der Waals surface area (Å²) in [5.41, 5.74) is 6.73. The van der Waals surface area contributed by atoms with Crippen LogP contribution in [0.2, 0.25) is 0 Å². The molecule has 212 valence electrons. The average Bonchev–Trinajstić information content (AvgIpc) is 3.93. The summed E-state index contributed by atoms with van der Waals surface area (Å²) in [6.45, 7) is 4.57. The fourth-order valence-electron chi connectivity index (χ4n) is 5.57. The zero-order chi connectivity index (χ0) is 29.4. The third kappa shape index (κ3) is 5.40. The number of hydrogen-bond donors (Lipinski definition) is 2. The minimum Gasteiger partial charge on any atom is -0.350 e. The van der Waals surface area contributed by atoms with Gasteiger partial charge in [0.05, 0.1) is 5.69 Å². The highest BCUT2D eigenvalue weighted by molar-refractivity contribution is 5.93. The van der Waals surface area contributed by atoms with Crippen LogP contribution in [0.5, 0.6) is 0 Å². The number of aromatic nitrogens is 3. The second-order valence-electron chi connectivity index (χ2n) is 11.1. The first-order chi connectivity index (χ1) is 20.4. The number of nitriles is 1. The first kappa shape index (κ1) is 27.3. The number of amides is 2. The molecule has 2 N–H and O–H groups in total. The molecule has 42 heavy (non-hydrogen) atoms. The summed E-state index contributed by atoms with van der Waals surface area (Å²) in [4.78, 5) is 29.7. The van der Waals surface area contributed by atoms with E-state index in [2.05, 4.69) is 45.8 Å². The van der Waals surface area contributed by atoms with Gasteiger partial charge >= 0.3 is 0 Å². The summed E-state index contributed by atoms with van der Waals surface area (Å²) < 4.78 is 17.0. The fraction of sp³-hybridized carbons (Fsp3) is 0.303. The summed E-state index contributed by atoms with van der Waals surface area (Å²) in [6, 6.07) is 16.6. The van der Waals surface area contributed by atoms with E-state index in [0.717, 1.165) is 24.1 Å². The molecule has 0 unspecified atom stereocenters. The van der Waals surface area contributed by atoms with Crippen molar-refractivity contribution < 1.29 is 14.0 Å². The lowest BCUT2D eigenvalue weighted by Gasteiger charge is -2.11. The van der Waals surface area contributed by atoms with E-state index in [9.17, 15) is 9.59 Å². The maximum absolute atomic E-state index is 15.3. The fourth-order valence-corrected chi connectivity index (χ4v) is 5.57. The number of halogens is 1. The number of benzene rings is 2. The second kappa shape index (κ2) is 11.2. The van der Waals surface area contributed by atoms with Gasteiger partial charge in [-0.1, -0.05) is 36.4 Å². The van der Waals surface area contributed by atoms with E-state index in [1.54, 1.807) is 35.0 Å². The maximum Gasteiger partial charge on any atom is 0.270 e. The standard InChI is InChI=1S/C33H31FN6O2/c1-3-19(2)23-7-5-4-6-20(23)12-13-36-33(42)29-16-30(21-8-9-21)40-31(38-29)17-28(39-40)24-11-10-22(14-27(24)34)25-15-26(25)32(41)37-18-35/h3-7,10-11,14,16-17,21,25-26H,8-9,12-13,15H2,1-2H3,(H,36,42)(H,37,41)/b19-3-/t25-,26+/m1/s1. The first-order valence-corrected chi connectivity index (χ1v) is 14.3. The van der Waals surface area contributed by atoms with Crippen molar-refractivity contribution in [2.75, 3.05) is 6.54 Å². The molecule has 6 rings (SSSR count). The molecule has 4 aromatic rings. The molecule has 2 aromatic carbocycles. The monoisotopic (exact) mass is 562 g/mol. The molecule has 2 aromatic heterocycles. The molecule has 8 nitrogen and oxygen atoms in total. The van der Waals surface area contributed by atoms with Crippen LogP contribution >= 0.6 is 0 Å². The van der Waals surface area contributed by atoms with Crippen LogP contribution in [-0.4, -0.2) is 33.0 Å². The van der Waals surface area contributed by atoms with Gasteiger partial charge in [-0.3, -0.25) is 14.9 Å². The van der Waals surface area contributed by atoms with E-state index in [1.807, 2.05) is 19.1 Å². The maximum atomic E-state index is 15.3. The summed E-state index contributed by atoms with van der Waals surface area (Å²) in [7, 11) is 0. The van der Waals surface area contributed by atoms with Crippen LogP contribution in [0.25, 0.3) is 22.5 Å². The number of nitrogens with one attached hydrogen (secondary N) is 2. The van der Waals surface area contributed by atoms with Gasteiger partial charge in [0.15, 0.2) is 11.8 Å². The van der Waals surface area contributed by atoms with Crippen molar-refractivity contribution in [3.63, 3.8) is 0 Å². The van der Waals surface area contributed by atoms with Gasteiger partial charge < -0.3 is 5.32 Å². The quantitative estimate of drug-likeness (QED) is 0.206. The molecule has 2 fully saturated rings. The van der Waals surface area contributed by atoms with E-state index >= 15 is 4.39 Å². The summed E-state index contributed by atoms with van der Waals surface area (Å²) >= 11 is 0. The summed E-state index contributed by atoms with van der Waals surface area (Å²) in [6.07, 6.45) is 7.02. The van der Waals surface area contributed by atoms with Crippen molar-refractivity contribution in [1.82, 2.24) is 25.2 Å². The third-order valence-electron chi connectivity index (χ3n) is 8.24. The number of carbonyl (C=O) groups excluding carboxylic acids is 2. The van der Waals surface area contributed by atoms with Gasteiger partial charge in [0, 0.05) is 35.7 Å². The van der Waals surface area contributed by atoms with Crippen LogP contribution in [0.4, 0.5) is 4.39 Å². The minimum absolute atomic E-state index is 0.104. The Morgan fingerprint density at radius 1 is 1.17 bits per heavy atom. The van der Waals surface area contributed by atoms with E-state index in [-0.39, 0.29) is 29.6 Å². The molecule has 2 atom stereocenters. The average molecular weight is 563 g/mol. The van der Waals surface area contributed by atoms with Crippen LogP contribution in [0, 0.1) is 23.2 Å². The van der Waals surface area contributed by atoms with Gasteiger partial charge in [-0.05, 0) is 85.9 Å². The Bertz CT molecular complexity index is 1780. The Morgan fingerprint density at radius 3 is 2.71 bits per heavy atom. The molecule has 2 aliphatic carbocycles. The van der Waals surface area contributed by atoms with Gasteiger partial charge in [0.2, 0.25) is 5.91 Å². The van der Waals surface area contributed by atoms with Crippen molar-refractivity contribution in [3.8, 4) is 17.5 Å². The van der Waals surface area contributed by atoms with Gasteiger partial charge in [-0.15, -0.1) is 0 Å². The lowest BCUT2D eigenvalue weighted by Crippen LogP contribution is -2.27. The second-order valence-corrected chi connectivity index (χ2v) is 11.1. The Balaban J connectivity index is 1.21. The predicted octanol–water partition coefficient (Wildman–Crippen LogP) is 5.51. The molecule has 0 bridgehead atoms. The Hall–Kier alpha value is -4.84. The number of rotatable bonds is 9. The molecule has 0 aliphatic heterocycles. The lowest BCUT2D eigenvalue weighted by atomic mass is 9.98. The van der Waals surface area contributed by atoms with Gasteiger partial charge in [-0.25, -0.2) is 13.9 Å². The van der Waals surface area contributed by atoms with Crippen LogP contribution in [0.15, 0.2) is 60.7 Å². The Kier molecular flexibility index (Phi) is 7.29. The number of carbonyl (C=O) groups is 2. The Morgan fingerprint density at radius 2 is 1.98 bits per heavy atom. The molecule has 2 aliphatic rings. The SMILES string of the molecule is C/C=C(/C)c1ccccc1CCNC(=O)c1cc(C2CC2)n2nc(-c3ccc([C@H]4C[C@@H]4C(=O)NC#N)cc3F)cc2n1. The van der Waals surface area contributed by atoms with Crippen LogP contribution in [0.1, 0.15) is 77.8 Å². The topological polar surface area (TPSA) is 112 Å². The smallest absolute Gasteiger partial charge is 0.270 e. The number of nitrogens with zero attached hydrogens (tertiary/aromatic N) is 4. The van der Waals surface area contributed by atoms with Crippen LogP contribution in [-0.2, 0) is 11.2 Å². The molecule has 0 saturated heterocycles. The molecule has 9 heteroatoms. The highest BCUT2D eigenvalue weighted by atomic mass is 19.1. The highest BCUT2D eigenvalue weighted by Gasteiger charge is 2.44. The molecule has 0 radical (unpaired) electrons. The van der Waals surface area contributed by atoms with E-state index in [4.69, 9.17) is 5.26 Å². The normalized spacial score (nSPS) is 18.0. The Labute approximate surface area is 243 Å². The van der Waals surface area contributed by atoms with Crippen LogP contribution in [0.3, 0.4) is 0 Å².